The van der Waals surface area contributed by atoms with Crippen LogP contribution in [0.4, 0.5) is 23.7 Å². The summed E-state index contributed by atoms with van der Waals surface area (Å²) >= 11 is 2.00. The zero-order chi connectivity index (χ0) is 20.3. The maximum absolute atomic E-state index is 12.7. The number of benzene rings is 1. The van der Waals surface area contributed by atoms with Crippen LogP contribution in [-0.2, 0) is 15.8 Å². The normalized spacial score (nSPS) is 22.5. The Morgan fingerprint density at radius 1 is 1.25 bits per heavy atom. The van der Waals surface area contributed by atoms with Gasteiger partial charge in [0, 0.05) is 12.1 Å². The summed E-state index contributed by atoms with van der Waals surface area (Å²) in [6.07, 6.45) is -4.78. The summed E-state index contributed by atoms with van der Waals surface area (Å²) in [5.74, 6) is -0.383. The van der Waals surface area contributed by atoms with Crippen molar-refractivity contribution in [2.75, 3.05) is 11.1 Å². The van der Waals surface area contributed by atoms with E-state index in [-0.39, 0.29) is 22.5 Å². The van der Waals surface area contributed by atoms with Gasteiger partial charge in [-0.15, -0.1) is 10.2 Å². The van der Waals surface area contributed by atoms with E-state index in [1.165, 1.54) is 12.1 Å². The fraction of sp³-hybridized carbons (Fsp3) is 0.267. The number of nitrogens with zero attached hydrogens (tertiary/aromatic N) is 2. The fourth-order valence-electron chi connectivity index (χ4n) is 2.22. The number of carbonyl (C=O) groups is 3. The zero-order valence-corrected chi connectivity index (χ0v) is 15.5. The van der Waals surface area contributed by atoms with Crippen molar-refractivity contribution < 1.29 is 27.6 Å². The molecular formula is C15H12F3N5O3S2. The highest BCUT2D eigenvalue weighted by molar-refractivity contribution is 8.15. The number of nitrogens with one attached hydrogen (secondary N) is 3. The van der Waals surface area contributed by atoms with Crippen molar-refractivity contribution in [3.63, 3.8) is 0 Å². The molecule has 0 saturated carbocycles. The predicted octanol–water partition coefficient (Wildman–Crippen LogP) is 2.39. The Labute approximate surface area is 164 Å². The van der Waals surface area contributed by atoms with Crippen molar-refractivity contribution in [2.24, 2.45) is 10.2 Å². The number of carbonyl (C=O) groups excluding carboxylic acids is 3. The molecule has 0 aromatic heterocycles. The minimum atomic E-state index is -4.52. The zero-order valence-electron chi connectivity index (χ0n) is 13.9. The summed E-state index contributed by atoms with van der Waals surface area (Å²) < 4.78 is 38.1. The van der Waals surface area contributed by atoms with Crippen LogP contribution in [0, 0.1) is 0 Å². The van der Waals surface area contributed by atoms with Crippen LogP contribution < -0.4 is 16.0 Å². The van der Waals surface area contributed by atoms with Gasteiger partial charge in [-0.2, -0.15) is 13.2 Å². The number of rotatable bonds is 4. The van der Waals surface area contributed by atoms with Crippen molar-refractivity contribution in [3.8, 4) is 0 Å². The molecule has 2 fully saturated rings. The van der Waals surface area contributed by atoms with Gasteiger partial charge in [-0.05, 0) is 18.2 Å². The van der Waals surface area contributed by atoms with Gasteiger partial charge in [-0.3, -0.25) is 14.4 Å². The molecule has 2 heterocycles. The number of hydrogen-bond acceptors (Lipinski definition) is 7. The third-order valence-electron chi connectivity index (χ3n) is 3.47. The van der Waals surface area contributed by atoms with E-state index in [1.54, 1.807) is 0 Å². The maximum atomic E-state index is 12.7. The maximum Gasteiger partial charge on any atom is 0.416 e. The monoisotopic (exact) mass is 431 g/mol. The van der Waals surface area contributed by atoms with Crippen LogP contribution in [0.1, 0.15) is 12.0 Å². The quantitative estimate of drug-likeness (QED) is 0.634. The molecule has 2 saturated heterocycles. The lowest BCUT2D eigenvalue weighted by molar-refractivity contribution is -0.137. The van der Waals surface area contributed by atoms with Crippen LogP contribution in [0.2, 0.25) is 0 Å². The summed E-state index contributed by atoms with van der Waals surface area (Å²) in [4.78, 5) is 35.1. The summed E-state index contributed by atoms with van der Waals surface area (Å²) in [7, 11) is 0. The Kier molecular flexibility index (Phi) is 5.93. The van der Waals surface area contributed by atoms with Gasteiger partial charge in [0.2, 0.25) is 11.8 Å². The third-order valence-corrected chi connectivity index (χ3v) is 5.32. The minimum absolute atomic E-state index is 0.0157. The molecule has 1 aromatic carbocycles. The van der Waals surface area contributed by atoms with Crippen LogP contribution in [-0.4, -0.2) is 39.1 Å². The lowest BCUT2D eigenvalue weighted by Crippen LogP contribution is -2.28. The van der Waals surface area contributed by atoms with Gasteiger partial charge in [-0.25, -0.2) is 0 Å². The number of thioether (sulfide) groups is 2. The summed E-state index contributed by atoms with van der Waals surface area (Å²) in [6.45, 7) is 0. The van der Waals surface area contributed by atoms with Crippen LogP contribution in [0.15, 0.2) is 34.5 Å². The van der Waals surface area contributed by atoms with E-state index in [2.05, 4.69) is 26.2 Å². The van der Waals surface area contributed by atoms with Gasteiger partial charge in [0.1, 0.15) is 11.1 Å². The molecule has 3 rings (SSSR count). The molecular weight excluding hydrogens is 419 g/mol. The number of amidine groups is 2. The van der Waals surface area contributed by atoms with Crippen molar-refractivity contribution in [1.29, 1.82) is 0 Å². The fourth-order valence-corrected chi connectivity index (χ4v) is 3.73. The second-order valence-electron chi connectivity index (χ2n) is 5.58. The molecule has 3 amide bonds. The van der Waals surface area contributed by atoms with Gasteiger partial charge in [0.15, 0.2) is 5.17 Å². The first-order chi connectivity index (χ1) is 13.2. The average molecular weight is 431 g/mol. The van der Waals surface area contributed by atoms with Crippen LogP contribution in [0.3, 0.4) is 0 Å². The molecule has 1 atom stereocenters. The van der Waals surface area contributed by atoms with E-state index in [1.807, 2.05) is 0 Å². The van der Waals surface area contributed by atoms with Gasteiger partial charge in [-0.1, -0.05) is 29.6 Å². The summed E-state index contributed by atoms with van der Waals surface area (Å²) in [5, 5.41) is 14.0. The SMILES string of the molecule is O=C(C[C@@H]1S/C(=N/N=C2\CSC(=O)N2)NC1=O)Nc1cccc(C(F)(F)F)c1. The van der Waals surface area contributed by atoms with Gasteiger partial charge in [0.05, 0.1) is 11.3 Å². The number of amides is 3. The van der Waals surface area contributed by atoms with Crippen molar-refractivity contribution in [3.05, 3.63) is 29.8 Å². The Bertz CT molecular complexity index is 888. The number of alkyl halides is 3. The van der Waals surface area contributed by atoms with Crippen LogP contribution in [0.25, 0.3) is 0 Å². The molecule has 0 spiro atoms. The second kappa shape index (κ2) is 8.22. The molecule has 13 heteroatoms. The summed E-state index contributed by atoms with van der Waals surface area (Å²) in [6, 6.07) is 4.22. The van der Waals surface area contributed by atoms with Crippen molar-refractivity contribution >= 4 is 57.3 Å². The highest BCUT2D eigenvalue weighted by atomic mass is 32.2. The van der Waals surface area contributed by atoms with E-state index in [0.717, 1.165) is 35.7 Å². The van der Waals surface area contributed by atoms with E-state index < -0.39 is 28.8 Å². The standard InChI is InChI=1S/C15H12F3N5O3S2/c16-15(17,18)7-2-1-3-8(4-7)19-11(24)5-9-12(25)21-13(28-9)23-22-10-6-27-14(26)20-10/h1-4,9H,5-6H2,(H,19,24)(H,20,22,26)(H,21,23,25)/t9-/m0/s1. The molecule has 148 valence electrons. The van der Waals surface area contributed by atoms with E-state index in [0.29, 0.717) is 11.6 Å². The smallest absolute Gasteiger partial charge is 0.326 e. The molecule has 1 aromatic rings. The highest BCUT2D eigenvalue weighted by Crippen LogP contribution is 2.31. The number of halogens is 3. The number of anilines is 1. The first kappa shape index (κ1) is 20.2. The molecule has 0 radical (unpaired) electrons. The average Bonchev–Trinajstić information content (AvgIpc) is 3.18. The predicted molar refractivity (Wildman–Crippen MR) is 100 cm³/mol. The first-order valence-electron chi connectivity index (χ1n) is 7.73. The lowest BCUT2D eigenvalue weighted by atomic mass is 10.2. The number of hydrogen-bond donors (Lipinski definition) is 3. The second-order valence-corrected chi connectivity index (χ2v) is 7.72. The Morgan fingerprint density at radius 3 is 2.71 bits per heavy atom. The van der Waals surface area contributed by atoms with E-state index in [9.17, 15) is 27.6 Å². The molecule has 3 N–H and O–H groups in total. The van der Waals surface area contributed by atoms with Crippen LogP contribution in [0.5, 0.6) is 0 Å². The summed E-state index contributed by atoms with van der Waals surface area (Å²) in [5.41, 5.74) is -0.901. The molecule has 0 unspecified atom stereocenters. The van der Waals surface area contributed by atoms with E-state index in [4.69, 9.17) is 0 Å². The molecule has 0 bridgehead atoms. The van der Waals surface area contributed by atoms with Crippen molar-refractivity contribution in [1.82, 2.24) is 10.6 Å². The first-order valence-corrected chi connectivity index (χ1v) is 9.60. The molecule has 2 aliphatic heterocycles. The van der Waals surface area contributed by atoms with E-state index >= 15 is 0 Å². The molecule has 28 heavy (non-hydrogen) atoms. The van der Waals surface area contributed by atoms with Gasteiger partial charge >= 0.3 is 6.18 Å². The Hall–Kier alpha value is -2.54. The Balaban J connectivity index is 1.57. The topological polar surface area (TPSA) is 112 Å². The highest BCUT2D eigenvalue weighted by Gasteiger charge is 2.33. The third kappa shape index (κ3) is 5.25. The van der Waals surface area contributed by atoms with Crippen LogP contribution >= 0.6 is 23.5 Å². The Morgan fingerprint density at radius 2 is 2.04 bits per heavy atom. The lowest BCUT2D eigenvalue weighted by Gasteiger charge is -2.10. The minimum Gasteiger partial charge on any atom is -0.326 e. The largest absolute Gasteiger partial charge is 0.416 e. The van der Waals surface area contributed by atoms with Crippen molar-refractivity contribution in [2.45, 2.75) is 17.8 Å². The van der Waals surface area contributed by atoms with Gasteiger partial charge in [0.25, 0.3) is 5.24 Å². The molecule has 0 aliphatic carbocycles. The molecule has 2 aliphatic rings. The molecule has 8 nitrogen and oxygen atoms in total. The van der Waals surface area contributed by atoms with Gasteiger partial charge < -0.3 is 16.0 Å².